The maximum atomic E-state index is 8.25. The van der Waals surface area contributed by atoms with Gasteiger partial charge < -0.3 is 29.7 Å². The molecule has 0 N–H and O–H groups in total. The molecule has 0 rings (SSSR count). The fraction of sp³-hybridized carbons (Fsp3) is 0. The smallest absolute Gasteiger partial charge is 0.0275 e. The summed E-state index contributed by atoms with van der Waals surface area (Å²) in [5.41, 5.74) is 0. The molecule has 0 amide bonds. The maximum absolute atomic E-state index is 8.25. The zero-order chi connectivity index (χ0) is 8.12. The molecule has 0 unspecified atom stereocenters. The molecular weight excluding hydrogens is 376 g/mol. The van der Waals surface area contributed by atoms with Gasteiger partial charge in [-0.15, -0.1) is 0 Å². The molecule has 0 aromatic heterocycles. The first-order valence-electron chi connectivity index (χ1n) is 1.41. The zero-order valence-electron chi connectivity index (χ0n) is 4.59. The van der Waals surface area contributed by atoms with E-state index in [0.717, 1.165) is 0 Å². The van der Waals surface area contributed by atoms with Crippen molar-refractivity contribution in [3.05, 3.63) is 0 Å². The van der Waals surface area contributed by atoms with E-state index in [0.29, 0.717) is 0 Å². The summed E-state index contributed by atoms with van der Waals surface area (Å²) in [6, 6.07) is 0. The Hall–Kier alpha value is -0.603. The van der Waals surface area contributed by atoms with E-state index in [-0.39, 0.29) is 29.2 Å². The summed E-state index contributed by atoms with van der Waals surface area (Å²) in [7, 11) is 0. The minimum absolute atomic E-state index is 0. The first-order chi connectivity index (χ1) is 4.24. The second-order valence-corrected chi connectivity index (χ2v) is 0.289. The van der Waals surface area contributed by atoms with Gasteiger partial charge in [-0.1, -0.05) is 0 Å². The average molecular weight is 379 g/mol. The zero-order valence-corrected chi connectivity index (χ0v) is 7.99. The Morgan fingerprint density at radius 3 is 0.700 bits per heavy atom. The van der Waals surface area contributed by atoms with Crippen molar-refractivity contribution in [3.8, 4) is 0 Å². The monoisotopic (exact) mass is 373 g/mol. The standard InChI is InChI=1S/3CH2O2.Pu/c3*2-1-3;/h3*1H,(H,2,3);/p-3. The van der Waals surface area contributed by atoms with Crippen LogP contribution in [-0.2, 0) is 14.4 Å². The summed E-state index contributed by atoms with van der Waals surface area (Å²) < 4.78 is 0. The number of rotatable bonds is 0. The van der Waals surface area contributed by atoms with Gasteiger partial charge in [0.1, 0.15) is 0 Å². The second-order valence-electron chi connectivity index (χ2n) is 0.289. The minimum atomic E-state index is -0.500. The molecule has 6 nitrogen and oxygen atoms in total. The minimum Gasteiger partial charge on any atom is -0.554 e. The van der Waals surface area contributed by atoms with Crippen molar-refractivity contribution in [1.29, 1.82) is 0 Å². The molecule has 0 fully saturated rings. The molecular formula is C3H3O6Pu-3. The molecule has 0 saturated carbocycles. The molecule has 0 atom stereocenters. The van der Waals surface area contributed by atoms with Crippen molar-refractivity contribution in [2.75, 3.05) is 0 Å². The molecule has 0 heterocycles. The van der Waals surface area contributed by atoms with Gasteiger partial charge in [-0.25, -0.2) is 0 Å². The van der Waals surface area contributed by atoms with Gasteiger partial charge in [0.25, 0.3) is 0 Å². The van der Waals surface area contributed by atoms with Crippen LogP contribution in [0.3, 0.4) is 0 Å². The summed E-state index contributed by atoms with van der Waals surface area (Å²) in [6.07, 6.45) is 0. The van der Waals surface area contributed by atoms with E-state index >= 15 is 0 Å². The van der Waals surface area contributed by atoms with Crippen LogP contribution < -0.4 is 15.3 Å². The van der Waals surface area contributed by atoms with Gasteiger partial charge in [-0.2, -0.15) is 0 Å². The van der Waals surface area contributed by atoms with Crippen LogP contribution in [0.5, 0.6) is 0 Å². The van der Waals surface area contributed by atoms with E-state index in [1.807, 2.05) is 0 Å². The van der Waals surface area contributed by atoms with Crippen LogP contribution in [0.2, 0.25) is 0 Å². The summed E-state index contributed by atoms with van der Waals surface area (Å²) in [6.45, 7) is -1.50. The van der Waals surface area contributed by atoms with Crippen molar-refractivity contribution in [1.82, 2.24) is 0 Å². The number of hydrogen-bond acceptors (Lipinski definition) is 6. The van der Waals surface area contributed by atoms with Gasteiger partial charge in [-0.05, 0) is 0 Å². The number of carbonyl (C=O) groups excluding carboxylic acids is 3. The van der Waals surface area contributed by atoms with Crippen molar-refractivity contribution in [2.45, 2.75) is 0 Å². The van der Waals surface area contributed by atoms with Gasteiger partial charge in [0.05, 0.1) is 0 Å². The normalized spacial score (nSPS) is 3.60. The van der Waals surface area contributed by atoms with E-state index in [1.165, 1.54) is 0 Å². The average Bonchev–Trinajstić information content (AvgIpc) is 1.70. The fourth-order valence-electron chi connectivity index (χ4n) is 0. The molecule has 7 heteroatoms. The maximum Gasteiger partial charge on any atom is 0.0275 e. The van der Waals surface area contributed by atoms with Crippen LogP contribution in [0.1, 0.15) is 0 Å². The summed E-state index contributed by atoms with van der Waals surface area (Å²) in [5, 5.41) is 24.8. The van der Waals surface area contributed by atoms with Gasteiger partial charge in [0.2, 0.25) is 0 Å². The quantitative estimate of drug-likeness (QED) is 0.389. The van der Waals surface area contributed by atoms with E-state index in [4.69, 9.17) is 29.7 Å². The Morgan fingerprint density at radius 2 is 0.700 bits per heavy atom. The molecule has 0 radical (unpaired) electrons. The Bertz CT molecular complexity index is 49.7. The van der Waals surface area contributed by atoms with Crippen molar-refractivity contribution < 1.29 is 58.9 Å². The van der Waals surface area contributed by atoms with Crippen LogP contribution in [0, 0.1) is 29.2 Å². The third-order valence-corrected chi connectivity index (χ3v) is 0. The van der Waals surface area contributed by atoms with Crippen molar-refractivity contribution in [2.24, 2.45) is 0 Å². The Labute approximate surface area is 78.4 Å². The van der Waals surface area contributed by atoms with Crippen molar-refractivity contribution >= 4 is 19.4 Å². The van der Waals surface area contributed by atoms with Crippen LogP contribution in [0.25, 0.3) is 0 Å². The molecule has 0 spiro atoms. The molecule has 0 aromatic carbocycles. The number of carboxylic acid groups (broad SMARTS) is 3. The first kappa shape index (κ1) is 22.7. The van der Waals surface area contributed by atoms with E-state index < -0.39 is 19.4 Å². The SMILES string of the molecule is O=C[O-].O=C[O-].O=C[O-].[Pu]. The van der Waals surface area contributed by atoms with Crippen LogP contribution in [0.4, 0.5) is 0 Å². The summed E-state index contributed by atoms with van der Waals surface area (Å²) in [4.78, 5) is 24.8. The molecule has 60 valence electrons. The summed E-state index contributed by atoms with van der Waals surface area (Å²) >= 11 is 0. The van der Waals surface area contributed by atoms with Crippen LogP contribution >= 0.6 is 0 Å². The third kappa shape index (κ3) is 833. The Balaban J connectivity index is -0.0000000257. The molecule has 0 aliphatic heterocycles. The largest absolute Gasteiger partial charge is 0.554 e. The fourth-order valence-corrected chi connectivity index (χ4v) is 0. The van der Waals surface area contributed by atoms with E-state index in [9.17, 15) is 0 Å². The first-order valence-corrected chi connectivity index (χ1v) is 1.41. The molecule has 10 heavy (non-hydrogen) atoms. The van der Waals surface area contributed by atoms with Crippen molar-refractivity contribution in [3.63, 3.8) is 0 Å². The predicted molar refractivity (Wildman–Crippen MR) is 18.2 cm³/mol. The van der Waals surface area contributed by atoms with Gasteiger partial charge in [0, 0.05) is 48.6 Å². The number of carbonyl (C=O) groups is 3. The Morgan fingerprint density at radius 1 is 0.700 bits per heavy atom. The number of hydrogen-bond donors (Lipinski definition) is 0. The van der Waals surface area contributed by atoms with E-state index in [2.05, 4.69) is 0 Å². The van der Waals surface area contributed by atoms with Gasteiger partial charge in [-0.3, -0.25) is 0 Å². The predicted octanol–water partition coefficient (Wildman–Crippen LogP) is -4.90. The summed E-state index contributed by atoms with van der Waals surface area (Å²) in [5.74, 6) is 0. The van der Waals surface area contributed by atoms with Crippen LogP contribution in [0.15, 0.2) is 0 Å². The second kappa shape index (κ2) is 80.0. The van der Waals surface area contributed by atoms with Gasteiger partial charge in [0.15, 0.2) is 0 Å². The topological polar surface area (TPSA) is 120 Å². The molecule has 0 bridgehead atoms. The van der Waals surface area contributed by atoms with Gasteiger partial charge >= 0.3 is 0 Å². The molecule has 0 aliphatic carbocycles. The Kier molecular flexibility index (Phi) is 182. The third-order valence-electron chi connectivity index (χ3n) is 0. The van der Waals surface area contributed by atoms with E-state index in [1.54, 1.807) is 0 Å². The van der Waals surface area contributed by atoms with Crippen LogP contribution in [-0.4, -0.2) is 19.4 Å². The molecule has 0 aliphatic rings. The molecule has 0 saturated heterocycles. The molecule has 0 aromatic rings.